The van der Waals surface area contributed by atoms with Gasteiger partial charge in [0.05, 0.1) is 12.4 Å². The van der Waals surface area contributed by atoms with Crippen molar-refractivity contribution in [1.82, 2.24) is 15.3 Å². The molecular formula is C10H9ClF3N3O. The van der Waals surface area contributed by atoms with E-state index in [1.165, 1.54) is 0 Å². The van der Waals surface area contributed by atoms with E-state index in [9.17, 15) is 18.0 Å². The Bertz CT molecular complexity index is 445. The SMILES string of the molecule is O=C(N[C@@H](C1CC1)C(F)(F)F)c1cnc(Cl)cn1. The highest BCUT2D eigenvalue weighted by Crippen LogP contribution is 2.40. The van der Waals surface area contributed by atoms with Gasteiger partial charge in [0.25, 0.3) is 5.91 Å². The lowest BCUT2D eigenvalue weighted by Gasteiger charge is -2.20. The van der Waals surface area contributed by atoms with Gasteiger partial charge in [-0.1, -0.05) is 11.6 Å². The maximum absolute atomic E-state index is 12.7. The molecule has 1 fully saturated rings. The molecule has 0 bridgehead atoms. The third-order valence-corrected chi connectivity index (χ3v) is 2.78. The van der Waals surface area contributed by atoms with E-state index in [1.54, 1.807) is 0 Å². The van der Waals surface area contributed by atoms with E-state index >= 15 is 0 Å². The maximum atomic E-state index is 12.7. The summed E-state index contributed by atoms with van der Waals surface area (Å²) in [4.78, 5) is 18.8. The number of carbonyl (C=O) groups is 1. The van der Waals surface area contributed by atoms with Crippen LogP contribution < -0.4 is 5.32 Å². The molecule has 18 heavy (non-hydrogen) atoms. The van der Waals surface area contributed by atoms with Gasteiger partial charge in [0.15, 0.2) is 0 Å². The smallest absolute Gasteiger partial charge is 0.339 e. The molecule has 1 aliphatic carbocycles. The summed E-state index contributed by atoms with van der Waals surface area (Å²) >= 11 is 5.47. The lowest BCUT2D eigenvalue weighted by atomic mass is 10.1. The molecular weight excluding hydrogens is 271 g/mol. The molecule has 1 amide bonds. The molecule has 1 aromatic rings. The van der Waals surface area contributed by atoms with E-state index in [0.29, 0.717) is 12.8 Å². The third kappa shape index (κ3) is 3.10. The van der Waals surface area contributed by atoms with Crippen LogP contribution in [0.15, 0.2) is 12.4 Å². The molecule has 1 aromatic heterocycles. The molecule has 1 N–H and O–H groups in total. The summed E-state index contributed by atoms with van der Waals surface area (Å²) in [6, 6.07) is -1.82. The zero-order valence-corrected chi connectivity index (χ0v) is 9.79. The van der Waals surface area contributed by atoms with Crippen molar-refractivity contribution in [2.75, 3.05) is 0 Å². The Morgan fingerprint density at radius 3 is 2.50 bits per heavy atom. The van der Waals surface area contributed by atoms with Crippen LogP contribution in [0.4, 0.5) is 13.2 Å². The lowest BCUT2D eigenvalue weighted by Crippen LogP contribution is -2.47. The van der Waals surface area contributed by atoms with Crippen LogP contribution in [0.2, 0.25) is 5.15 Å². The number of alkyl halides is 3. The normalized spacial score (nSPS) is 17.3. The Hall–Kier alpha value is -1.37. The standard InChI is InChI=1S/C10H9ClF3N3O/c11-7-4-15-6(3-16-7)9(18)17-8(5-1-2-5)10(12,13)14/h3-5,8H,1-2H2,(H,17,18)/t8-/m0/s1. The van der Waals surface area contributed by atoms with Crippen molar-refractivity contribution in [3.63, 3.8) is 0 Å². The molecule has 0 saturated heterocycles. The van der Waals surface area contributed by atoms with Crippen molar-refractivity contribution in [3.8, 4) is 0 Å². The minimum atomic E-state index is -4.45. The molecule has 0 radical (unpaired) electrons. The first-order chi connectivity index (χ1) is 8.38. The first kappa shape index (κ1) is 13.1. The minimum absolute atomic E-state index is 0.0705. The predicted octanol–water partition coefficient (Wildman–Crippen LogP) is 2.20. The quantitative estimate of drug-likeness (QED) is 0.923. The number of hydrogen-bond donors (Lipinski definition) is 1. The van der Waals surface area contributed by atoms with Crippen molar-refractivity contribution in [1.29, 1.82) is 0 Å². The molecule has 0 unspecified atom stereocenters. The van der Waals surface area contributed by atoms with Gasteiger partial charge < -0.3 is 5.32 Å². The topological polar surface area (TPSA) is 54.9 Å². The number of amides is 1. The van der Waals surface area contributed by atoms with Crippen molar-refractivity contribution in [2.24, 2.45) is 5.92 Å². The van der Waals surface area contributed by atoms with Crippen LogP contribution in [0.3, 0.4) is 0 Å². The van der Waals surface area contributed by atoms with E-state index in [0.717, 1.165) is 12.4 Å². The number of rotatable bonds is 3. The Balaban J connectivity index is 2.07. The molecule has 1 saturated carbocycles. The molecule has 0 aromatic carbocycles. The fourth-order valence-corrected chi connectivity index (χ4v) is 1.64. The lowest BCUT2D eigenvalue weighted by molar-refractivity contribution is -0.158. The van der Waals surface area contributed by atoms with Gasteiger partial charge in [-0.05, 0) is 18.8 Å². The van der Waals surface area contributed by atoms with Gasteiger partial charge in [-0.3, -0.25) is 4.79 Å². The van der Waals surface area contributed by atoms with Gasteiger partial charge in [-0.2, -0.15) is 13.2 Å². The molecule has 8 heteroatoms. The van der Waals surface area contributed by atoms with Crippen molar-refractivity contribution in [3.05, 3.63) is 23.2 Å². The minimum Gasteiger partial charge on any atom is -0.339 e. The monoisotopic (exact) mass is 279 g/mol. The Kier molecular flexibility index (Phi) is 3.43. The zero-order chi connectivity index (χ0) is 13.3. The number of halogens is 4. The second-order valence-corrected chi connectivity index (χ2v) is 4.44. The highest BCUT2D eigenvalue weighted by molar-refractivity contribution is 6.29. The fourth-order valence-electron chi connectivity index (χ4n) is 1.54. The summed E-state index contributed by atoms with van der Waals surface area (Å²) in [5.74, 6) is -1.43. The van der Waals surface area contributed by atoms with Crippen molar-refractivity contribution in [2.45, 2.75) is 25.1 Å². The summed E-state index contributed by atoms with van der Waals surface area (Å²) in [6.07, 6.45) is -1.36. The van der Waals surface area contributed by atoms with E-state index in [-0.39, 0.29) is 10.8 Å². The average molecular weight is 280 g/mol. The van der Waals surface area contributed by atoms with E-state index < -0.39 is 24.0 Å². The number of aromatic nitrogens is 2. The molecule has 4 nitrogen and oxygen atoms in total. The van der Waals surface area contributed by atoms with Crippen LogP contribution in [0.5, 0.6) is 0 Å². The summed E-state index contributed by atoms with van der Waals surface area (Å²) in [7, 11) is 0. The van der Waals surface area contributed by atoms with Crippen LogP contribution in [-0.4, -0.2) is 28.1 Å². The van der Waals surface area contributed by atoms with Gasteiger partial charge in [-0.25, -0.2) is 9.97 Å². The predicted molar refractivity (Wildman–Crippen MR) is 57.1 cm³/mol. The third-order valence-electron chi connectivity index (χ3n) is 2.59. The van der Waals surface area contributed by atoms with Crippen molar-refractivity contribution < 1.29 is 18.0 Å². The molecule has 1 heterocycles. The molecule has 2 rings (SSSR count). The fraction of sp³-hybridized carbons (Fsp3) is 0.500. The second-order valence-electron chi connectivity index (χ2n) is 4.05. The van der Waals surface area contributed by atoms with Gasteiger partial charge in [0.1, 0.15) is 16.9 Å². The van der Waals surface area contributed by atoms with E-state index in [2.05, 4.69) is 9.97 Å². The summed E-state index contributed by atoms with van der Waals surface area (Å²) in [5, 5.41) is 2.02. The first-order valence-corrected chi connectivity index (χ1v) is 5.61. The summed E-state index contributed by atoms with van der Waals surface area (Å²) in [6.45, 7) is 0. The van der Waals surface area contributed by atoms with Crippen LogP contribution in [-0.2, 0) is 0 Å². The summed E-state index contributed by atoms with van der Waals surface area (Å²) in [5.41, 5.74) is -0.186. The number of nitrogens with one attached hydrogen (secondary N) is 1. The number of carbonyl (C=O) groups excluding carboxylic acids is 1. The van der Waals surface area contributed by atoms with Crippen LogP contribution in [0.1, 0.15) is 23.3 Å². The van der Waals surface area contributed by atoms with Gasteiger partial charge in [0, 0.05) is 0 Å². The highest BCUT2D eigenvalue weighted by Gasteiger charge is 2.49. The van der Waals surface area contributed by atoms with Crippen LogP contribution in [0.25, 0.3) is 0 Å². The van der Waals surface area contributed by atoms with Gasteiger partial charge in [-0.15, -0.1) is 0 Å². The Morgan fingerprint density at radius 2 is 2.06 bits per heavy atom. The highest BCUT2D eigenvalue weighted by atomic mass is 35.5. The number of hydrogen-bond acceptors (Lipinski definition) is 3. The van der Waals surface area contributed by atoms with E-state index in [4.69, 9.17) is 11.6 Å². The molecule has 98 valence electrons. The maximum Gasteiger partial charge on any atom is 0.408 e. The van der Waals surface area contributed by atoms with Gasteiger partial charge in [0.2, 0.25) is 0 Å². The average Bonchev–Trinajstić information content (AvgIpc) is 3.08. The molecule has 1 aliphatic rings. The van der Waals surface area contributed by atoms with E-state index in [1.807, 2.05) is 5.32 Å². The molecule has 0 spiro atoms. The second kappa shape index (κ2) is 4.72. The number of nitrogens with zero attached hydrogens (tertiary/aromatic N) is 2. The van der Waals surface area contributed by atoms with Gasteiger partial charge >= 0.3 is 6.18 Å². The van der Waals surface area contributed by atoms with Crippen LogP contribution in [0, 0.1) is 5.92 Å². The van der Waals surface area contributed by atoms with Crippen LogP contribution >= 0.6 is 11.6 Å². The Labute approximate surface area is 106 Å². The molecule has 1 atom stereocenters. The zero-order valence-electron chi connectivity index (χ0n) is 9.04. The largest absolute Gasteiger partial charge is 0.408 e. The first-order valence-electron chi connectivity index (χ1n) is 5.23. The molecule has 0 aliphatic heterocycles. The Morgan fingerprint density at radius 1 is 1.39 bits per heavy atom. The summed E-state index contributed by atoms with van der Waals surface area (Å²) < 4.78 is 38.0. The van der Waals surface area contributed by atoms with Crippen molar-refractivity contribution >= 4 is 17.5 Å².